The molecule has 0 radical (unpaired) electrons. The Balaban J connectivity index is 1.75. The molecule has 0 unspecified atom stereocenters. The number of esters is 1. The molecule has 3 aromatic rings. The predicted molar refractivity (Wildman–Crippen MR) is 160 cm³/mol. The molecule has 1 N–H and O–H groups in total. The number of ether oxygens (including phenoxy) is 2. The van der Waals surface area contributed by atoms with Gasteiger partial charge in [0.05, 0.1) is 25.3 Å². The van der Waals surface area contributed by atoms with Crippen molar-refractivity contribution < 1.29 is 19.1 Å². The second kappa shape index (κ2) is 16.5. The Morgan fingerprint density at radius 2 is 1.59 bits per heavy atom. The Morgan fingerprint density at radius 3 is 2.33 bits per heavy atom. The van der Waals surface area contributed by atoms with Crippen LogP contribution in [-0.4, -0.2) is 31.8 Å². The summed E-state index contributed by atoms with van der Waals surface area (Å²) in [6.45, 7) is 7.48. The molecule has 7 heteroatoms. The van der Waals surface area contributed by atoms with Gasteiger partial charge in [-0.3, -0.25) is 9.69 Å². The summed E-state index contributed by atoms with van der Waals surface area (Å²) in [4.78, 5) is 29.2. The van der Waals surface area contributed by atoms with E-state index in [1.165, 1.54) is 19.3 Å². The van der Waals surface area contributed by atoms with Gasteiger partial charge in [0, 0.05) is 22.0 Å². The van der Waals surface area contributed by atoms with Crippen molar-refractivity contribution in [3.8, 4) is 5.75 Å². The predicted octanol–water partition coefficient (Wildman–Crippen LogP) is 8.35. The third-order valence-corrected chi connectivity index (χ3v) is 7.10. The molecule has 0 heterocycles. The largest absolute Gasteiger partial charge is 0.492 e. The zero-order valence-electron chi connectivity index (χ0n) is 23.3. The van der Waals surface area contributed by atoms with Crippen LogP contribution in [0.5, 0.6) is 5.75 Å². The number of amides is 2. The molecular formula is C32H40N2O4S. The molecule has 0 aromatic heterocycles. The molecule has 0 bridgehead atoms. The summed E-state index contributed by atoms with van der Waals surface area (Å²) in [7, 11) is 0. The number of hydrogen-bond donors (Lipinski definition) is 1. The van der Waals surface area contributed by atoms with Gasteiger partial charge in [-0.05, 0) is 68.3 Å². The van der Waals surface area contributed by atoms with Crippen molar-refractivity contribution in [1.82, 2.24) is 0 Å². The molecule has 6 nitrogen and oxygen atoms in total. The second-order valence-electron chi connectivity index (χ2n) is 9.15. The van der Waals surface area contributed by atoms with Crippen molar-refractivity contribution in [2.24, 2.45) is 0 Å². The van der Waals surface area contributed by atoms with E-state index in [4.69, 9.17) is 9.47 Å². The Labute approximate surface area is 237 Å². The van der Waals surface area contributed by atoms with Crippen LogP contribution in [0.3, 0.4) is 0 Å². The highest BCUT2D eigenvalue weighted by atomic mass is 32.2. The van der Waals surface area contributed by atoms with Gasteiger partial charge in [-0.15, -0.1) is 0 Å². The van der Waals surface area contributed by atoms with Crippen molar-refractivity contribution in [3.63, 3.8) is 0 Å². The van der Waals surface area contributed by atoms with Crippen molar-refractivity contribution in [1.29, 1.82) is 0 Å². The van der Waals surface area contributed by atoms with E-state index >= 15 is 0 Å². The molecule has 39 heavy (non-hydrogen) atoms. The first-order valence-corrected chi connectivity index (χ1v) is 14.7. The summed E-state index contributed by atoms with van der Waals surface area (Å²) in [5, 5.41) is 3.06. The lowest BCUT2D eigenvalue weighted by Gasteiger charge is -2.24. The average molecular weight is 549 g/mol. The summed E-state index contributed by atoms with van der Waals surface area (Å²) in [5.74, 6) is 0.439. The highest BCUT2D eigenvalue weighted by Crippen LogP contribution is 2.32. The first-order valence-electron chi connectivity index (χ1n) is 13.9. The number of rotatable bonds is 15. The maximum atomic E-state index is 13.5. The third kappa shape index (κ3) is 9.98. The van der Waals surface area contributed by atoms with Crippen LogP contribution in [0.15, 0.2) is 82.6 Å². The van der Waals surface area contributed by atoms with E-state index < -0.39 is 0 Å². The topological polar surface area (TPSA) is 67.9 Å². The number of carbonyl (C=O) groups excluding carboxylic acids is 2. The fourth-order valence-electron chi connectivity index (χ4n) is 4.16. The van der Waals surface area contributed by atoms with E-state index in [9.17, 15) is 9.59 Å². The minimum atomic E-state index is -0.220. The molecule has 0 saturated carbocycles. The molecule has 2 amide bonds. The van der Waals surface area contributed by atoms with Gasteiger partial charge >= 0.3 is 12.0 Å². The first kappa shape index (κ1) is 30.1. The fourth-order valence-corrected chi connectivity index (χ4v) is 5.03. The van der Waals surface area contributed by atoms with E-state index in [1.807, 2.05) is 85.5 Å². The molecule has 3 rings (SSSR count). The Hall–Kier alpha value is -3.45. The van der Waals surface area contributed by atoms with Crippen LogP contribution in [0.2, 0.25) is 0 Å². The second-order valence-corrected chi connectivity index (χ2v) is 10.3. The maximum Gasteiger partial charge on any atom is 0.326 e. The summed E-state index contributed by atoms with van der Waals surface area (Å²) in [6.07, 6.45) is 5.84. The van der Waals surface area contributed by atoms with Gasteiger partial charge in [-0.25, -0.2) is 4.79 Å². The molecule has 0 atom stereocenters. The van der Waals surface area contributed by atoms with E-state index in [0.717, 1.165) is 33.9 Å². The third-order valence-electron chi connectivity index (χ3n) is 6.10. The minimum absolute atomic E-state index is 0.178. The summed E-state index contributed by atoms with van der Waals surface area (Å²) in [6, 6.07) is 23.3. The quantitative estimate of drug-likeness (QED) is 0.153. The summed E-state index contributed by atoms with van der Waals surface area (Å²) in [5.41, 5.74) is 2.43. The molecular weight excluding hydrogens is 508 g/mol. The fraction of sp³-hybridized carbons (Fsp3) is 0.375. The van der Waals surface area contributed by atoms with E-state index in [1.54, 1.807) is 11.8 Å². The molecule has 3 aromatic carbocycles. The van der Waals surface area contributed by atoms with Crippen molar-refractivity contribution in [2.45, 2.75) is 69.1 Å². The van der Waals surface area contributed by atoms with E-state index in [0.29, 0.717) is 31.2 Å². The van der Waals surface area contributed by atoms with Gasteiger partial charge in [0.1, 0.15) is 5.75 Å². The number of nitrogens with one attached hydrogen (secondary N) is 1. The van der Waals surface area contributed by atoms with Gasteiger partial charge in [0.2, 0.25) is 0 Å². The zero-order chi connectivity index (χ0) is 27.9. The van der Waals surface area contributed by atoms with Gasteiger partial charge in [0.15, 0.2) is 0 Å². The zero-order valence-corrected chi connectivity index (χ0v) is 24.1. The van der Waals surface area contributed by atoms with Gasteiger partial charge in [-0.2, -0.15) is 0 Å². The smallest absolute Gasteiger partial charge is 0.326 e. The standard InChI is InChI=1S/C32H40N2O4S/c1-4-7-8-9-12-22-34(32(36)33-29-16-10-11-17-30(29)37-5-2)26-14-13-15-28(24-26)39-27-20-18-25(19-21-27)23-31(35)38-6-3/h10-11,13-21,24H,4-9,12,22-23H2,1-3H3,(H,33,36). The van der Waals surface area contributed by atoms with Crippen LogP contribution in [0.1, 0.15) is 58.4 Å². The van der Waals surface area contributed by atoms with Gasteiger partial charge in [0.25, 0.3) is 0 Å². The number of anilines is 2. The number of carbonyl (C=O) groups is 2. The molecule has 0 aliphatic heterocycles. The lowest BCUT2D eigenvalue weighted by Crippen LogP contribution is -2.36. The van der Waals surface area contributed by atoms with Crippen LogP contribution >= 0.6 is 11.8 Å². The van der Waals surface area contributed by atoms with Crippen LogP contribution in [0, 0.1) is 0 Å². The van der Waals surface area contributed by atoms with E-state index in [2.05, 4.69) is 18.3 Å². The first-order chi connectivity index (χ1) is 19.0. The lowest BCUT2D eigenvalue weighted by molar-refractivity contribution is -0.142. The number of nitrogens with zero attached hydrogens (tertiary/aromatic N) is 1. The van der Waals surface area contributed by atoms with Crippen molar-refractivity contribution in [2.75, 3.05) is 30.0 Å². The normalized spacial score (nSPS) is 10.6. The highest BCUT2D eigenvalue weighted by Gasteiger charge is 2.18. The van der Waals surface area contributed by atoms with Gasteiger partial charge in [-0.1, -0.05) is 74.7 Å². The number of urea groups is 1. The molecule has 0 aliphatic rings. The number of para-hydroxylation sites is 2. The number of hydrogen-bond acceptors (Lipinski definition) is 5. The monoisotopic (exact) mass is 548 g/mol. The molecule has 208 valence electrons. The highest BCUT2D eigenvalue weighted by molar-refractivity contribution is 7.99. The summed E-state index contributed by atoms with van der Waals surface area (Å²) >= 11 is 1.62. The average Bonchev–Trinajstić information content (AvgIpc) is 2.93. The SMILES string of the molecule is CCCCCCCN(C(=O)Nc1ccccc1OCC)c1cccc(Sc2ccc(CC(=O)OCC)cc2)c1. The Morgan fingerprint density at radius 1 is 0.821 bits per heavy atom. The van der Waals surface area contributed by atoms with Crippen LogP contribution in [0.4, 0.5) is 16.2 Å². The number of unbranched alkanes of at least 4 members (excludes halogenated alkanes) is 4. The summed E-state index contributed by atoms with van der Waals surface area (Å²) < 4.78 is 10.8. The molecule has 0 saturated heterocycles. The Kier molecular flexibility index (Phi) is 12.7. The van der Waals surface area contributed by atoms with Crippen molar-refractivity contribution in [3.05, 3.63) is 78.4 Å². The molecule has 0 fully saturated rings. The lowest BCUT2D eigenvalue weighted by atomic mass is 10.1. The minimum Gasteiger partial charge on any atom is -0.492 e. The molecule has 0 spiro atoms. The van der Waals surface area contributed by atoms with Crippen LogP contribution < -0.4 is 15.0 Å². The van der Waals surface area contributed by atoms with Gasteiger partial charge < -0.3 is 14.8 Å². The van der Waals surface area contributed by atoms with Crippen molar-refractivity contribution >= 4 is 35.1 Å². The Bertz CT molecular complexity index is 1180. The molecule has 0 aliphatic carbocycles. The van der Waals surface area contributed by atoms with Crippen LogP contribution in [0.25, 0.3) is 0 Å². The van der Waals surface area contributed by atoms with E-state index in [-0.39, 0.29) is 18.4 Å². The maximum absolute atomic E-state index is 13.5. The van der Waals surface area contributed by atoms with Crippen LogP contribution in [-0.2, 0) is 16.0 Å². The number of benzene rings is 3.